The minimum Gasteiger partial charge on any atom is -0.377 e. The van der Waals surface area contributed by atoms with Crippen molar-refractivity contribution in [2.75, 3.05) is 25.0 Å². The Kier molecular flexibility index (Phi) is 5.78. The molecule has 1 heterocycles. The lowest BCUT2D eigenvalue weighted by atomic mass is 9.85. The van der Waals surface area contributed by atoms with E-state index >= 15 is 0 Å². The Labute approximate surface area is 127 Å². The zero-order chi connectivity index (χ0) is 14.6. The maximum absolute atomic E-state index is 13.1. The van der Waals surface area contributed by atoms with E-state index in [0.29, 0.717) is 32.5 Å². The van der Waals surface area contributed by atoms with Gasteiger partial charge in [-0.25, -0.2) is 8.78 Å². The van der Waals surface area contributed by atoms with Crippen LogP contribution >= 0.6 is 15.9 Å². The molecule has 1 aliphatic carbocycles. The molecular weight excluding hydrogens is 332 g/mol. The number of amides is 1. The van der Waals surface area contributed by atoms with Gasteiger partial charge in [0.1, 0.15) is 0 Å². The minimum atomic E-state index is -2.56. The van der Waals surface area contributed by atoms with E-state index in [2.05, 4.69) is 15.9 Å². The molecule has 0 bridgehead atoms. The first-order valence-corrected chi connectivity index (χ1v) is 8.48. The summed E-state index contributed by atoms with van der Waals surface area (Å²) in [4.78, 5) is 14.2. The number of piperidine rings is 1. The zero-order valence-corrected chi connectivity index (χ0v) is 13.2. The molecule has 0 N–H and O–H groups in total. The lowest BCUT2D eigenvalue weighted by Gasteiger charge is -2.36. The van der Waals surface area contributed by atoms with Crippen molar-refractivity contribution in [1.82, 2.24) is 4.90 Å². The standard InChI is InChI=1S/C14H22BrF2NO2/c15-7-10-20-12-3-8-18(9-4-12)13(19)11-1-5-14(16,17)6-2-11/h11-12H,1-10H2. The number of halogens is 3. The van der Waals surface area contributed by atoms with Gasteiger partial charge < -0.3 is 9.64 Å². The second kappa shape index (κ2) is 7.16. The molecule has 6 heteroatoms. The second-order valence-electron chi connectivity index (χ2n) is 5.71. The van der Waals surface area contributed by atoms with Gasteiger partial charge in [0.25, 0.3) is 0 Å². The summed E-state index contributed by atoms with van der Waals surface area (Å²) >= 11 is 3.32. The first-order chi connectivity index (χ1) is 9.52. The molecule has 0 aromatic carbocycles. The van der Waals surface area contributed by atoms with Gasteiger partial charge in [0.2, 0.25) is 11.8 Å². The van der Waals surface area contributed by atoms with Crippen LogP contribution in [0, 0.1) is 5.92 Å². The molecule has 1 saturated carbocycles. The van der Waals surface area contributed by atoms with Crippen LogP contribution in [0.3, 0.4) is 0 Å². The maximum Gasteiger partial charge on any atom is 0.248 e. The average Bonchev–Trinajstić information content (AvgIpc) is 2.45. The molecule has 1 saturated heterocycles. The predicted molar refractivity (Wildman–Crippen MR) is 76.3 cm³/mol. The van der Waals surface area contributed by atoms with E-state index in [1.165, 1.54) is 0 Å². The van der Waals surface area contributed by atoms with Gasteiger partial charge in [0.15, 0.2) is 0 Å². The first kappa shape index (κ1) is 16.1. The van der Waals surface area contributed by atoms with Crippen LogP contribution in [0.4, 0.5) is 8.78 Å². The van der Waals surface area contributed by atoms with Crippen LogP contribution in [0.25, 0.3) is 0 Å². The van der Waals surface area contributed by atoms with E-state index in [1.807, 2.05) is 4.90 Å². The summed E-state index contributed by atoms with van der Waals surface area (Å²) in [5, 5.41) is 0.822. The summed E-state index contributed by atoms with van der Waals surface area (Å²) in [5.41, 5.74) is 0. The highest BCUT2D eigenvalue weighted by Gasteiger charge is 2.39. The molecule has 0 aromatic rings. The quantitative estimate of drug-likeness (QED) is 0.726. The van der Waals surface area contributed by atoms with Gasteiger partial charge in [-0.1, -0.05) is 15.9 Å². The zero-order valence-electron chi connectivity index (χ0n) is 11.6. The van der Waals surface area contributed by atoms with Gasteiger partial charge in [0.05, 0.1) is 12.7 Å². The lowest BCUT2D eigenvalue weighted by Crippen LogP contribution is -2.45. The van der Waals surface area contributed by atoms with E-state index in [4.69, 9.17) is 4.74 Å². The molecule has 1 amide bonds. The molecule has 20 heavy (non-hydrogen) atoms. The molecule has 0 radical (unpaired) electrons. The summed E-state index contributed by atoms with van der Waals surface area (Å²) in [5.74, 6) is -2.69. The van der Waals surface area contributed by atoms with Crippen molar-refractivity contribution in [3.63, 3.8) is 0 Å². The monoisotopic (exact) mass is 353 g/mol. The predicted octanol–water partition coefficient (Wildman–Crippen LogP) is 3.21. The Morgan fingerprint density at radius 2 is 1.80 bits per heavy atom. The van der Waals surface area contributed by atoms with Crippen LogP contribution in [-0.4, -0.2) is 47.9 Å². The molecule has 0 unspecified atom stereocenters. The molecule has 2 fully saturated rings. The van der Waals surface area contributed by atoms with Crippen LogP contribution in [0.2, 0.25) is 0 Å². The van der Waals surface area contributed by atoms with Crippen molar-refractivity contribution in [2.24, 2.45) is 5.92 Å². The van der Waals surface area contributed by atoms with Gasteiger partial charge in [-0.15, -0.1) is 0 Å². The van der Waals surface area contributed by atoms with E-state index in [-0.39, 0.29) is 30.8 Å². The molecule has 3 nitrogen and oxygen atoms in total. The van der Waals surface area contributed by atoms with Crippen molar-refractivity contribution < 1.29 is 18.3 Å². The first-order valence-electron chi connectivity index (χ1n) is 7.36. The van der Waals surface area contributed by atoms with Gasteiger partial charge in [-0.2, -0.15) is 0 Å². The number of rotatable bonds is 4. The average molecular weight is 354 g/mol. The highest BCUT2D eigenvalue weighted by atomic mass is 79.9. The SMILES string of the molecule is O=C(C1CCC(F)(F)CC1)N1CCC(OCCBr)CC1. The van der Waals surface area contributed by atoms with Gasteiger partial charge in [-0.05, 0) is 25.7 Å². The Balaban J connectivity index is 1.75. The Hall–Kier alpha value is -0.230. The molecule has 2 aliphatic rings. The number of alkyl halides is 3. The third-order valence-electron chi connectivity index (χ3n) is 4.25. The molecule has 116 valence electrons. The normalized spacial score (nSPS) is 24.9. The van der Waals surface area contributed by atoms with E-state index < -0.39 is 5.92 Å². The van der Waals surface area contributed by atoms with Crippen molar-refractivity contribution in [3.05, 3.63) is 0 Å². The summed E-state index contributed by atoms with van der Waals surface area (Å²) in [6.45, 7) is 2.08. The fraction of sp³-hybridized carbons (Fsp3) is 0.929. The third-order valence-corrected chi connectivity index (χ3v) is 4.57. The van der Waals surface area contributed by atoms with Crippen molar-refractivity contribution in [2.45, 2.75) is 50.6 Å². The van der Waals surface area contributed by atoms with Crippen molar-refractivity contribution in [3.8, 4) is 0 Å². The molecule has 0 aromatic heterocycles. The summed E-state index contributed by atoms with van der Waals surface area (Å²) in [7, 11) is 0. The number of nitrogens with zero attached hydrogens (tertiary/aromatic N) is 1. The van der Waals surface area contributed by atoms with Crippen LogP contribution < -0.4 is 0 Å². The Bertz CT molecular complexity index is 323. The summed E-state index contributed by atoms with van der Waals surface area (Å²) in [6, 6.07) is 0. The minimum absolute atomic E-state index is 0.0689. The number of hydrogen-bond donors (Lipinski definition) is 0. The summed E-state index contributed by atoms with van der Waals surface area (Å²) < 4.78 is 31.9. The number of carbonyl (C=O) groups is 1. The number of hydrogen-bond acceptors (Lipinski definition) is 2. The van der Waals surface area contributed by atoms with Gasteiger partial charge in [-0.3, -0.25) is 4.79 Å². The smallest absolute Gasteiger partial charge is 0.248 e. The Morgan fingerprint density at radius 3 is 2.35 bits per heavy atom. The van der Waals surface area contributed by atoms with Crippen LogP contribution in [0.15, 0.2) is 0 Å². The molecular formula is C14H22BrF2NO2. The third kappa shape index (κ3) is 4.38. The second-order valence-corrected chi connectivity index (χ2v) is 6.51. The van der Waals surface area contributed by atoms with Crippen molar-refractivity contribution in [1.29, 1.82) is 0 Å². The molecule has 1 aliphatic heterocycles. The largest absolute Gasteiger partial charge is 0.377 e. The summed E-state index contributed by atoms with van der Waals surface area (Å²) in [6.07, 6.45) is 2.29. The lowest BCUT2D eigenvalue weighted by molar-refractivity contribution is -0.142. The van der Waals surface area contributed by atoms with Gasteiger partial charge in [0, 0.05) is 37.2 Å². The highest BCUT2D eigenvalue weighted by molar-refractivity contribution is 9.09. The van der Waals surface area contributed by atoms with Gasteiger partial charge >= 0.3 is 0 Å². The topological polar surface area (TPSA) is 29.5 Å². The Morgan fingerprint density at radius 1 is 1.20 bits per heavy atom. The van der Waals surface area contributed by atoms with E-state index in [0.717, 1.165) is 18.2 Å². The number of carbonyl (C=O) groups excluding carboxylic acids is 1. The number of ether oxygens (including phenoxy) is 1. The van der Waals surface area contributed by atoms with E-state index in [9.17, 15) is 13.6 Å². The fourth-order valence-corrected chi connectivity index (χ4v) is 3.19. The molecule has 2 rings (SSSR count). The van der Waals surface area contributed by atoms with Crippen LogP contribution in [0.5, 0.6) is 0 Å². The molecule has 0 atom stereocenters. The van der Waals surface area contributed by atoms with Crippen molar-refractivity contribution >= 4 is 21.8 Å². The molecule has 0 spiro atoms. The number of likely N-dealkylation sites (tertiary alicyclic amines) is 1. The van der Waals surface area contributed by atoms with E-state index in [1.54, 1.807) is 0 Å². The van der Waals surface area contributed by atoms with Crippen LogP contribution in [-0.2, 0) is 9.53 Å². The fourth-order valence-electron chi connectivity index (χ4n) is 3.00. The van der Waals surface area contributed by atoms with Crippen LogP contribution in [0.1, 0.15) is 38.5 Å². The highest BCUT2D eigenvalue weighted by Crippen LogP contribution is 2.37. The maximum atomic E-state index is 13.1.